The van der Waals surface area contributed by atoms with E-state index >= 15 is 0 Å². The number of carboxylic acids is 1. The third-order valence-corrected chi connectivity index (χ3v) is 3.91. The van der Waals surface area contributed by atoms with Crippen LogP contribution in [-0.2, 0) is 14.3 Å². The summed E-state index contributed by atoms with van der Waals surface area (Å²) in [6.45, 7) is 4.66. The number of rotatable bonds is 6. The molecule has 0 radical (unpaired) electrons. The number of aliphatic carboxylic acids is 1. The van der Waals surface area contributed by atoms with E-state index in [0.717, 1.165) is 39.0 Å². The van der Waals surface area contributed by atoms with E-state index in [4.69, 9.17) is 9.84 Å². The van der Waals surface area contributed by atoms with Crippen molar-refractivity contribution in [2.75, 3.05) is 0 Å². The van der Waals surface area contributed by atoms with E-state index in [1.807, 2.05) is 13.8 Å². The minimum absolute atomic E-state index is 0.0496. The zero-order valence-electron chi connectivity index (χ0n) is 12.5. The van der Waals surface area contributed by atoms with Gasteiger partial charge in [-0.3, -0.25) is 4.79 Å². The fourth-order valence-corrected chi connectivity index (χ4v) is 2.52. The van der Waals surface area contributed by atoms with E-state index in [2.05, 4.69) is 0 Å². The second-order valence-corrected chi connectivity index (χ2v) is 6.27. The predicted molar refractivity (Wildman–Crippen MR) is 73.1 cm³/mol. The Balaban J connectivity index is 2.73. The summed E-state index contributed by atoms with van der Waals surface area (Å²) in [5.41, 5.74) is -2.55. The Morgan fingerprint density at radius 3 is 2.30 bits per heavy atom. The molecule has 0 bridgehead atoms. The zero-order valence-corrected chi connectivity index (χ0v) is 12.5. The molecule has 0 aromatic carbocycles. The van der Waals surface area contributed by atoms with Gasteiger partial charge in [-0.25, -0.2) is 9.18 Å². The number of carbonyl (C=O) groups is 2. The molecule has 1 rings (SSSR count). The van der Waals surface area contributed by atoms with Crippen molar-refractivity contribution in [1.82, 2.24) is 0 Å². The number of alkyl halides is 1. The second kappa shape index (κ2) is 7.04. The molecule has 0 aromatic rings. The lowest BCUT2D eigenvalue weighted by atomic mass is 9.88. The molecule has 116 valence electrons. The maximum Gasteiger partial charge on any atom is 0.345 e. The van der Waals surface area contributed by atoms with Gasteiger partial charge in [0.25, 0.3) is 0 Å². The highest BCUT2D eigenvalue weighted by Gasteiger charge is 2.45. The normalized spacial score (nSPS) is 21.2. The Morgan fingerprint density at radius 1 is 1.30 bits per heavy atom. The number of carbonyl (C=O) groups excluding carboxylic acids is 1. The number of ether oxygens (including phenoxy) is 1. The molecular weight excluding hydrogens is 263 g/mol. The Hall–Kier alpha value is -1.13. The SMILES string of the molecule is CC(C)CC(OC(=O)C1CCCCC1)C(C)(F)C(=O)O. The van der Waals surface area contributed by atoms with E-state index in [1.165, 1.54) is 0 Å². The molecule has 0 aliphatic heterocycles. The van der Waals surface area contributed by atoms with Crippen LogP contribution in [0.15, 0.2) is 0 Å². The van der Waals surface area contributed by atoms with Gasteiger partial charge in [0, 0.05) is 0 Å². The lowest BCUT2D eigenvalue weighted by Gasteiger charge is -2.30. The third kappa shape index (κ3) is 4.46. The average Bonchev–Trinajstić information content (AvgIpc) is 2.38. The van der Waals surface area contributed by atoms with Crippen LogP contribution in [0, 0.1) is 11.8 Å². The summed E-state index contributed by atoms with van der Waals surface area (Å²) in [6, 6.07) is 0. The lowest BCUT2D eigenvalue weighted by molar-refractivity contribution is -0.175. The van der Waals surface area contributed by atoms with Crippen molar-refractivity contribution >= 4 is 11.9 Å². The van der Waals surface area contributed by atoms with Gasteiger partial charge in [-0.2, -0.15) is 0 Å². The van der Waals surface area contributed by atoms with E-state index in [9.17, 15) is 14.0 Å². The van der Waals surface area contributed by atoms with Crippen molar-refractivity contribution in [3.05, 3.63) is 0 Å². The Morgan fingerprint density at radius 2 is 1.85 bits per heavy atom. The molecule has 0 amide bonds. The third-order valence-electron chi connectivity index (χ3n) is 3.91. The van der Waals surface area contributed by atoms with Crippen LogP contribution in [0.1, 0.15) is 59.3 Å². The molecule has 1 fully saturated rings. The number of hydrogen-bond acceptors (Lipinski definition) is 3. The maximum atomic E-state index is 14.3. The molecule has 20 heavy (non-hydrogen) atoms. The highest BCUT2D eigenvalue weighted by molar-refractivity contribution is 5.79. The molecule has 0 saturated heterocycles. The second-order valence-electron chi connectivity index (χ2n) is 6.27. The van der Waals surface area contributed by atoms with Gasteiger partial charge < -0.3 is 9.84 Å². The molecule has 1 saturated carbocycles. The topological polar surface area (TPSA) is 63.6 Å². The monoisotopic (exact) mass is 288 g/mol. The predicted octanol–water partition coefficient (Wildman–Crippen LogP) is 3.34. The summed E-state index contributed by atoms with van der Waals surface area (Å²) < 4.78 is 19.5. The number of hydrogen-bond donors (Lipinski definition) is 1. The number of halogens is 1. The molecule has 0 spiro atoms. The summed E-state index contributed by atoms with van der Waals surface area (Å²) in [7, 11) is 0. The van der Waals surface area contributed by atoms with Gasteiger partial charge in [0.2, 0.25) is 5.67 Å². The molecule has 4 nitrogen and oxygen atoms in total. The van der Waals surface area contributed by atoms with Gasteiger partial charge >= 0.3 is 11.9 Å². The molecule has 2 atom stereocenters. The summed E-state index contributed by atoms with van der Waals surface area (Å²) in [6.07, 6.45) is 3.54. The van der Waals surface area contributed by atoms with E-state index in [-0.39, 0.29) is 18.3 Å². The molecule has 5 heteroatoms. The van der Waals surface area contributed by atoms with E-state index in [0.29, 0.717) is 0 Å². The molecule has 1 N–H and O–H groups in total. The Kier molecular flexibility index (Phi) is 5.96. The van der Waals surface area contributed by atoms with Crippen molar-refractivity contribution in [2.24, 2.45) is 11.8 Å². The van der Waals surface area contributed by atoms with Crippen molar-refractivity contribution in [2.45, 2.75) is 71.1 Å². The first-order valence-electron chi connectivity index (χ1n) is 7.38. The minimum Gasteiger partial charge on any atom is -0.479 e. The smallest absolute Gasteiger partial charge is 0.345 e. The molecule has 1 aliphatic rings. The largest absolute Gasteiger partial charge is 0.479 e. The first-order valence-corrected chi connectivity index (χ1v) is 7.38. The van der Waals surface area contributed by atoms with E-state index < -0.39 is 23.7 Å². The average molecular weight is 288 g/mol. The molecule has 1 aliphatic carbocycles. The highest BCUT2D eigenvalue weighted by Crippen LogP contribution is 2.29. The van der Waals surface area contributed by atoms with Gasteiger partial charge in [-0.05, 0) is 32.1 Å². The highest BCUT2D eigenvalue weighted by atomic mass is 19.1. The first kappa shape index (κ1) is 16.9. The van der Waals surface area contributed by atoms with Crippen molar-refractivity contribution < 1.29 is 23.8 Å². The van der Waals surface area contributed by atoms with Gasteiger partial charge in [-0.1, -0.05) is 33.1 Å². The fourth-order valence-electron chi connectivity index (χ4n) is 2.52. The van der Waals surface area contributed by atoms with Crippen LogP contribution in [-0.4, -0.2) is 28.8 Å². The fraction of sp³-hybridized carbons (Fsp3) is 0.867. The summed E-state index contributed by atoms with van der Waals surface area (Å²) in [5.74, 6) is -2.18. The Labute approximate surface area is 119 Å². The molecule has 2 unspecified atom stereocenters. The lowest BCUT2D eigenvalue weighted by Crippen LogP contribution is -2.46. The van der Waals surface area contributed by atoms with Crippen molar-refractivity contribution in [3.8, 4) is 0 Å². The summed E-state index contributed by atoms with van der Waals surface area (Å²) in [5, 5.41) is 8.98. The first-order chi connectivity index (χ1) is 9.25. The maximum absolute atomic E-state index is 14.3. The van der Waals surface area contributed by atoms with Gasteiger partial charge in [-0.15, -0.1) is 0 Å². The van der Waals surface area contributed by atoms with Gasteiger partial charge in [0.15, 0.2) is 0 Å². The molecule has 0 aromatic heterocycles. The molecular formula is C15H25FO4. The van der Waals surface area contributed by atoms with Crippen LogP contribution in [0.25, 0.3) is 0 Å². The summed E-state index contributed by atoms with van der Waals surface area (Å²) >= 11 is 0. The Bertz CT molecular complexity index is 346. The van der Waals surface area contributed by atoms with Crippen LogP contribution >= 0.6 is 0 Å². The standard InChI is InChI=1S/C15H25FO4/c1-10(2)9-12(15(3,16)14(18)19)20-13(17)11-7-5-4-6-8-11/h10-12H,4-9H2,1-3H3,(H,18,19). The van der Waals surface area contributed by atoms with Crippen LogP contribution < -0.4 is 0 Å². The van der Waals surface area contributed by atoms with Crippen LogP contribution in [0.3, 0.4) is 0 Å². The summed E-state index contributed by atoms with van der Waals surface area (Å²) in [4.78, 5) is 23.1. The molecule has 0 heterocycles. The van der Waals surface area contributed by atoms with Crippen LogP contribution in [0.4, 0.5) is 4.39 Å². The van der Waals surface area contributed by atoms with Gasteiger partial charge in [0.05, 0.1) is 5.92 Å². The number of esters is 1. The van der Waals surface area contributed by atoms with Crippen molar-refractivity contribution in [3.63, 3.8) is 0 Å². The van der Waals surface area contributed by atoms with Crippen LogP contribution in [0.5, 0.6) is 0 Å². The zero-order chi connectivity index (χ0) is 15.3. The van der Waals surface area contributed by atoms with Crippen molar-refractivity contribution in [1.29, 1.82) is 0 Å². The number of carboxylic acid groups (broad SMARTS) is 1. The van der Waals surface area contributed by atoms with Gasteiger partial charge in [0.1, 0.15) is 6.10 Å². The van der Waals surface area contributed by atoms with Crippen LogP contribution in [0.2, 0.25) is 0 Å². The minimum atomic E-state index is -2.55. The van der Waals surface area contributed by atoms with E-state index in [1.54, 1.807) is 0 Å². The quantitative estimate of drug-likeness (QED) is 0.761.